The van der Waals surface area contributed by atoms with Crippen LogP contribution in [0.1, 0.15) is 90.9 Å². The minimum Gasteiger partial charge on any atom is -0.543 e. The van der Waals surface area contributed by atoms with Gasteiger partial charge in [0.1, 0.15) is 0 Å². The Morgan fingerprint density at radius 2 is 1.39 bits per heavy atom. The zero-order valence-corrected chi connectivity index (χ0v) is 17.3. The summed E-state index contributed by atoms with van der Waals surface area (Å²) in [6.07, 6.45) is 14.1. The number of hydrogen-bond donors (Lipinski definition) is 1. The van der Waals surface area contributed by atoms with Crippen molar-refractivity contribution in [3.05, 3.63) is 11.8 Å². The molecule has 0 aliphatic carbocycles. The third kappa shape index (κ3) is 16.3. The van der Waals surface area contributed by atoms with E-state index in [1.807, 2.05) is 6.92 Å². The van der Waals surface area contributed by atoms with Crippen molar-refractivity contribution in [2.45, 2.75) is 90.9 Å². The Labute approximate surface area is 163 Å². The van der Waals surface area contributed by atoms with Gasteiger partial charge in [-0.05, 0) is 12.8 Å². The third-order valence-electron chi connectivity index (χ3n) is 3.64. The van der Waals surface area contributed by atoms with Crippen LogP contribution >= 0.6 is 0 Å². The van der Waals surface area contributed by atoms with Crippen LogP contribution in [0.4, 0.5) is 0 Å². The molecule has 0 heterocycles. The summed E-state index contributed by atoms with van der Waals surface area (Å²) < 4.78 is 0. The quantitative estimate of drug-likeness (QED) is 0.285. The zero-order valence-electron chi connectivity index (χ0n) is 15.3. The predicted molar refractivity (Wildman–Crippen MR) is 88.0 cm³/mol. The van der Waals surface area contributed by atoms with Gasteiger partial charge >= 0.3 is 29.6 Å². The summed E-state index contributed by atoms with van der Waals surface area (Å²) in [7, 11) is 0. The van der Waals surface area contributed by atoms with Crippen LogP contribution in [0.25, 0.3) is 0 Å². The molecule has 5 heteroatoms. The molecular formula is C18H32NNaO3. The number of carbonyl (C=O) groups excluding carboxylic acids is 2. The van der Waals surface area contributed by atoms with Gasteiger partial charge < -0.3 is 15.2 Å². The van der Waals surface area contributed by atoms with Gasteiger partial charge in [-0.1, -0.05) is 77.7 Å². The fraction of sp³-hybridized carbons (Fsp3) is 0.778. The number of amides is 1. The maximum atomic E-state index is 11.7. The Morgan fingerprint density at radius 1 is 0.870 bits per heavy atom. The summed E-state index contributed by atoms with van der Waals surface area (Å²) in [5.41, 5.74) is -0.0947. The smallest absolute Gasteiger partial charge is 0.543 e. The molecule has 0 saturated heterocycles. The summed E-state index contributed by atoms with van der Waals surface area (Å²) in [6.45, 7) is 4.17. The van der Waals surface area contributed by atoms with Crippen LogP contribution in [-0.2, 0) is 9.59 Å². The Morgan fingerprint density at radius 3 is 1.87 bits per heavy atom. The van der Waals surface area contributed by atoms with Crippen molar-refractivity contribution in [2.24, 2.45) is 0 Å². The third-order valence-corrected chi connectivity index (χ3v) is 3.64. The molecule has 4 nitrogen and oxygen atoms in total. The minimum absolute atomic E-state index is 0. The number of allylic oxidation sites excluding steroid dienone is 1. The number of aliphatic carboxylic acids is 1. The number of nitrogens with one attached hydrogen (secondary N) is 1. The number of rotatable bonds is 14. The largest absolute Gasteiger partial charge is 1.00 e. The molecule has 0 rings (SSSR count). The van der Waals surface area contributed by atoms with E-state index in [0.29, 0.717) is 12.8 Å². The first kappa shape index (κ1) is 24.9. The summed E-state index contributed by atoms with van der Waals surface area (Å²) in [4.78, 5) is 22.6. The molecule has 0 radical (unpaired) electrons. The maximum absolute atomic E-state index is 11.7. The number of carbonyl (C=O) groups is 2. The van der Waals surface area contributed by atoms with E-state index >= 15 is 0 Å². The molecule has 0 bridgehead atoms. The molecule has 1 N–H and O–H groups in total. The SMILES string of the molecule is CCCC=C(NC(=O)CCCCCCCCCCC)C(=O)[O-].[Na+]. The predicted octanol–water partition coefficient (Wildman–Crippen LogP) is 0.461. The molecule has 0 atom stereocenters. The molecule has 1 amide bonds. The van der Waals surface area contributed by atoms with Crippen LogP contribution in [0.2, 0.25) is 0 Å². The van der Waals surface area contributed by atoms with Crippen molar-refractivity contribution in [1.29, 1.82) is 0 Å². The average molecular weight is 333 g/mol. The van der Waals surface area contributed by atoms with Crippen LogP contribution < -0.4 is 40.0 Å². The second kappa shape index (κ2) is 18.0. The van der Waals surface area contributed by atoms with Crippen LogP contribution in [-0.4, -0.2) is 11.9 Å². The van der Waals surface area contributed by atoms with Crippen molar-refractivity contribution < 1.29 is 44.3 Å². The van der Waals surface area contributed by atoms with Gasteiger partial charge in [0.25, 0.3) is 0 Å². The van der Waals surface area contributed by atoms with Crippen LogP contribution in [0.3, 0.4) is 0 Å². The Hall–Kier alpha value is -0.320. The molecule has 128 valence electrons. The topological polar surface area (TPSA) is 69.2 Å². The van der Waals surface area contributed by atoms with Gasteiger partial charge in [-0.25, -0.2) is 0 Å². The molecule has 0 aliphatic heterocycles. The Bertz CT molecular complexity index is 343. The second-order valence-corrected chi connectivity index (χ2v) is 5.82. The molecule has 0 fully saturated rings. The number of carboxylic acids is 1. The van der Waals surface area contributed by atoms with Gasteiger partial charge in [-0.2, -0.15) is 0 Å². The van der Waals surface area contributed by atoms with Crippen LogP contribution in [0.5, 0.6) is 0 Å². The van der Waals surface area contributed by atoms with E-state index in [9.17, 15) is 14.7 Å². The molecular weight excluding hydrogens is 301 g/mol. The first-order chi connectivity index (χ1) is 10.6. The van der Waals surface area contributed by atoms with Gasteiger partial charge in [0.05, 0.1) is 11.7 Å². The van der Waals surface area contributed by atoms with E-state index in [-0.39, 0.29) is 41.2 Å². The van der Waals surface area contributed by atoms with Crippen molar-refractivity contribution in [3.8, 4) is 0 Å². The van der Waals surface area contributed by atoms with Gasteiger partial charge in [0.15, 0.2) is 0 Å². The average Bonchev–Trinajstić information content (AvgIpc) is 2.49. The molecule has 0 saturated carbocycles. The monoisotopic (exact) mass is 333 g/mol. The molecule has 0 unspecified atom stereocenters. The molecule has 0 aromatic heterocycles. The van der Waals surface area contributed by atoms with Crippen molar-refractivity contribution in [2.75, 3.05) is 0 Å². The van der Waals surface area contributed by atoms with Crippen molar-refractivity contribution in [3.63, 3.8) is 0 Å². The van der Waals surface area contributed by atoms with Crippen LogP contribution in [0.15, 0.2) is 11.8 Å². The van der Waals surface area contributed by atoms with E-state index in [1.54, 1.807) is 0 Å². The summed E-state index contributed by atoms with van der Waals surface area (Å²) in [5.74, 6) is -1.54. The summed E-state index contributed by atoms with van der Waals surface area (Å²) in [6, 6.07) is 0. The minimum atomic E-state index is -1.31. The normalized spacial score (nSPS) is 11.0. The standard InChI is InChI=1S/C18H33NO3.Na/c1-3-5-7-8-9-10-11-12-13-15-17(20)19-16(18(21)22)14-6-4-2;/h14H,3-13,15H2,1-2H3,(H,19,20)(H,21,22);/q;+1/p-1. The maximum Gasteiger partial charge on any atom is 1.00 e. The van der Waals surface area contributed by atoms with Crippen molar-refractivity contribution in [1.82, 2.24) is 5.32 Å². The molecule has 0 aromatic rings. The molecule has 0 spiro atoms. The first-order valence-electron chi connectivity index (χ1n) is 8.83. The van der Waals surface area contributed by atoms with E-state index < -0.39 is 5.97 Å². The summed E-state index contributed by atoms with van der Waals surface area (Å²) in [5, 5.41) is 13.3. The van der Waals surface area contributed by atoms with E-state index in [4.69, 9.17) is 0 Å². The van der Waals surface area contributed by atoms with Gasteiger partial charge in [-0.15, -0.1) is 0 Å². The van der Waals surface area contributed by atoms with Gasteiger partial charge in [0, 0.05) is 6.42 Å². The molecule has 0 aromatic carbocycles. The number of carboxylic acid groups (broad SMARTS) is 1. The number of unbranched alkanes of at least 4 members (excludes halogenated alkanes) is 9. The fourth-order valence-electron chi connectivity index (χ4n) is 2.28. The van der Waals surface area contributed by atoms with E-state index in [0.717, 1.165) is 25.7 Å². The van der Waals surface area contributed by atoms with E-state index in [1.165, 1.54) is 44.6 Å². The Kier molecular flexibility index (Phi) is 19.5. The van der Waals surface area contributed by atoms with E-state index in [2.05, 4.69) is 12.2 Å². The molecule has 0 aliphatic rings. The Balaban J connectivity index is 0. The zero-order chi connectivity index (χ0) is 16.6. The second-order valence-electron chi connectivity index (χ2n) is 5.82. The van der Waals surface area contributed by atoms with Crippen molar-refractivity contribution >= 4 is 11.9 Å². The van der Waals surface area contributed by atoms with Gasteiger partial charge in [0.2, 0.25) is 5.91 Å². The molecule has 23 heavy (non-hydrogen) atoms. The fourth-order valence-corrected chi connectivity index (χ4v) is 2.28. The van der Waals surface area contributed by atoms with Crippen LogP contribution in [0, 0.1) is 0 Å². The van der Waals surface area contributed by atoms with Gasteiger partial charge in [-0.3, -0.25) is 4.79 Å². The number of hydrogen-bond acceptors (Lipinski definition) is 3. The summed E-state index contributed by atoms with van der Waals surface area (Å²) >= 11 is 0. The first-order valence-corrected chi connectivity index (χ1v) is 8.83.